The summed E-state index contributed by atoms with van der Waals surface area (Å²) in [4.78, 5) is 21.9. The van der Waals surface area contributed by atoms with Gasteiger partial charge in [0.15, 0.2) is 0 Å². The fourth-order valence-electron chi connectivity index (χ4n) is 4.12. The predicted octanol–water partition coefficient (Wildman–Crippen LogP) is 6.58. The molecule has 0 bridgehead atoms. The van der Waals surface area contributed by atoms with Gasteiger partial charge in [-0.3, -0.25) is 0 Å². The Morgan fingerprint density at radius 2 is 1.10 bits per heavy atom. The van der Waals surface area contributed by atoms with Crippen LogP contribution in [0.25, 0.3) is 0 Å². The second-order valence-corrected chi connectivity index (χ2v) is 8.78. The third-order valence-electron chi connectivity index (χ3n) is 6.17. The number of rotatable bonds is 23. The SMILES string of the molecule is CCCCCCCCCCCCCCCCCCOC(CC=O)(CC=O)C1CO1. The van der Waals surface area contributed by atoms with E-state index in [4.69, 9.17) is 9.47 Å². The van der Waals surface area contributed by atoms with Crippen LogP contribution in [0, 0.1) is 0 Å². The molecule has 0 saturated carbocycles. The molecule has 1 aliphatic heterocycles. The summed E-state index contributed by atoms with van der Waals surface area (Å²) >= 11 is 0. The number of carbonyl (C=O) groups excluding carboxylic acids is 2. The van der Waals surface area contributed by atoms with Gasteiger partial charge in [-0.25, -0.2) is 0 Å². The Morgan fingerprint density at radius 3 is 1.45 bits per heavy atom. The number of ether oxygens (including phenoxy) is 2. The first-order valence-corrected chi connectivity index (χ1v) is 12.4. The number of hydrogen-bond donors (Lipinski definition) is 0. The summed E-state index contributed by atoms with van der Waals surface area (Å²) in [7, 11) is 0. The Labute approximate surface area is 179 Å². The van der Waals surface area contributed by atoms with Crippen molar-refractivity contribution in [1.29, 1.82) is 0 Å². The van der Waals surface area contributed by atoms with E-state index in [0.29, 0.717) is 13.2 Å². The van der Waals surface area contributed by atoms with E-state index >= 15 is 0 Å². The zero-order valence-electron chi connectivity index (χ0n) is 19.0. The number of aldehydes is 2. The molecule has 0 amide bonds. The lowest BCUT2D eigenvalue weighted by atomic mass is 9.92. The second-order valence-electron chi connectivity index (χ2n) is 8.78. The van der Waals surface area contributed by atoms with E-state index in [1.54, 1.807) is 0 Å². The molecule has 1 aliphatic rings. The second kappa shape index (κ2) is 18.1. The van der Waals surface area contributed by atoms with E-state index in [9.17, 15) is 9.59 Å². The molecule has 0 aromatic carbocycles. The molecule has 1 unspecified atom stereocenters. The van der Waals surface area contributed by atoms with E-state index in [1.807, 2.05) is 0 Å². The highest BCUT2D eigenvalue weighted by Gasteiger charge is 2.47. The van der Waals surface area contributed by atoms with E-state index < -0.39 is 5.60 Å². The summed E-state index contributed by atoms with van der Waals surface area (Å²) in [6.07, 6.45) is 23.6. The molecule has 0 aromatic heterocycles. The van der Waals surface area contributed by atoms with E-state index in [1.165, 1.54) is 89.9 Å². The maximum atomic E-state index is 11.0. The summed E-state index contributed by atoms with van der Waals surface area (Å²) in [6.45, 7) is 3.48. The van der Waals surface area contributed by atoms with Crippen molar-refractivity contribution < 1.29 is 19.1 Å². The van der Waals surface area contributed by atoms with E-state index in [2.05, 4.69) is 6.92 Å². The van der Waals surface area contributed by atoms with Gasteiger partial charge < -0.3 is 19.1 Å². The lowest BCUT2D eigenvalue weighted by Gasteiger charge is -2.29. The van der Waals surface area contributed by atoms with Gasteiger partial charge in [0, 0.05) is 19.4 Å². The number of unbranched alkanes of at least 4 members (excludes halogenated alkanes) is 15. The first kappa shape index (κ1) is 26.3. The third-order valence-corrected chi connectivity index (χ3v) is 6.17. The van der Waals surface area contributed by atoms with Crippen LogP contribution in [-0.4, -0.2) is 37.5 Å². The minimum atomic E-state index is -0.709. The normalized spacial score (nSPS) is 16.1. The van der Waals surface area contributed by atoms with Crippen molar-refractivity contribution in [1.82, 2.24) is 0 Å². The quantitative estimate of drug-likeness (QED) is 0.108. The average Bonchev–Trinajstić information content (AvgIpc) is 3.56. The minimum Gasteiger partial charge on any atom is -0.371 e. The molecule has 1 heterocycles. The lowest BCUT2D eigenvalue weighted by Crippen LogP contribution is -2.40. The number of hydrogen-bond acceptors (Lipinski definition) is 4. The van der Waals surface area contributed by atoms with Crippen LogP contribution < -0.4 is 0 Å². The van der Waals surface area contributed by atoms with Crippen molar-refractivity contribution in [3.63, 3.8) is 0 Å². The summed E-state index contributed by atoms with van der Waals surface area (Å²) in [6, 6.07) is 0. The highest BCUT2D eigenvalue weighted by atomic mass is 16.6. The standard InChI is InChI=1S/C25H46O4/c1-2-3-4-5-6-7-8-9-10-11-12-13-14-15-16-17-22-29-25(18-20-26,19-21-27)24-23-28-24/h20-21,24H,2-19,22-23H2,1H3. The Kier molecular flexibility index (Phi) is 16.4. The van der Waals surface area contributed by atoms with Crippen LogP contribution in [0.5, 0.6) is 0 Å². The molecule has 0 radical (unpaired) electrons. The van der Waals surface area contributed by atoms with Crippen LogP contribution in [0.15, 0.2) is 0 Å². The summed E-state index contributed by atoms with van der Waals surface area (Å²) in [5.41, 5.74) is -0.709. The van der Waals surface area contributed by atoms with Crippen LogP contribution in [0.4, 0.5) is 0 Å². The van der Waals surface area contributed by atoms with Gasteiger partial charge in [0.2, 0.25) is 0 Å². The molecule has 1 saturated heterocycles. The number of epoxide rings is 1. The molecule has 0 N–H and O–H groups in total. The third kappa shape index (κ3) is 13.2. The monoisotopic (exact) mass is 410 g/mol. The van der Waals surface area contributed by atoms with Crippen molar-refractivity contribution >= 4 is 12.6 Å². The molecule has 1 atom stereocenters. The molecule has 29 heavy (non-hydrogen) atoms. The zero-order valence-corrected chi connectivity index (χ0v) is 19.0. The topological polar surface area (TPSA) is 55.9 Å². The predicted molar refractivity (Wildman–Crippen MR) is 119 cm³/mol. The smallest absolute Gasteiger partial charge is 0.122 e. The van der Waals surface area contributed by atoms with Gasteiger partial charge in [0.25, 0.3) is 0 Å². The molecule has 1 fully saturated rings. The largest absolute Gasteiger partial charge is 0.371 e. The first-order chi connectivity index (χ1) is 14.3. The van der Waals surface area contributed by atoms with Crippen LogP contribution in [0.3, 0.4) is 0 Å². The Morgan fingerprint density at radius 1 is 0.724 bits per heavy atom. The molecule has 4 heteroatoms. The number of carbonyl (C=O) groups is 2. The van der Waals surface area contributed by atoms with Crippen molar-refractivity contribution in [3.8, 4) is 0 Å². The van der Waals surface area contributed by atoms with Gasteiger partial charge in [-0.15, -0.1) is 0 Å². The van der Waals surface area contributed by atoms with Crippen molar-refractivity contribution in [2.45, 2.75) is 134 Å². The van der Waals surface area contributed by atoms with Crippen molar-refractivity contribution in [2.75, 3.05) is 13.2 Å². The maximum absolute atomic E-state index is 11.0. The van der Waals surface area contributed by atoms with Crippen LogP contribution >= 0.6 is 0 Å². The van der Waals surface area contributed by atoms with Crippen LogP contribution in [0.1, 0.15) is 122 Å². The maximum Gasteiger partial charge on any atom is 0.122 e. The van der Waals surface area contributed by atoms with Crippen molar-refractivity contribution in [2.24, 2.45) is 0 Å². The zero-order chi connectivity index (χ0) is 21.0. The van der Waals surface area contributed by atoms with Gasteiger partial charge in [-0.1, -0.05) is 103 Å². The molecule has 0 aliphatic carbocycles. The van der Waals surface area contributed by atoms with Crippen molar-refractivity contribution in [3.05, 3.63) is 0 Å². The fraction of sp³-hybridized carbons (Fsp3) is 0.920. The molecule has 4 nitrogen and oxygen atoms in total. The van der Waals surface area contributed by atoms with E-state index in [0.717, 1.165) is 25.4 Å². The van der Waals surface area contributed by atoms with Gasteiger partial charge in [0.05, 0.1) is 6.61 Å². The van der Waals surface area contributed by atoms with Crippen LogP contribution in [0.2, 0.25) is 0 Å². The van der Waals surface area contributed by atoms with Gasteiger partial charge in [0.1, 0.15) is 24.3 Å². The Hall–Kier alpha value is -0.740. The highest BCUT2D eigenvalue weighted by Crippen LogP contribution is 2.33. The first-order valence-electron chi connectivity index (χ1n) is 12.4. The molecular formula is C25H46O4. The van der Waals surface area contributed by atoms with Gasteiger partial charge in [-0.05, 0) is 6.42 Å². The summed E-state index contributed by atoms with van der Waals surface area (Å²) in [5, 5.41) is 0. The lowest BCUT2D eigenvalue weighted by molar-refractivity contribution is -0.126. The molecule has 0 spiro atoms. The summed E-state index contributed by atoms with van der Waals surface area (Å²) < 4.78 is 11.3. The summed E-state index contributed by atoms with van der Waals surface area (Å²) in [5.74, 6) is 0. The average molecular weight is 411 g/mol. The molecule has 170 valence electrons. The highest BCUT2D eigenvalue weighted by molar-refractivity contribution is 5.57. The fourth-order valence-corrected chi connectivity index (χ4v) is 4.12. The van der Waals surface area contributed by atoms with Gasteiger partial charge in [-0.2, -0.15) is 0 Å². The molecular weight excluding hydrogens is 364 g/mol. The van der Waals surface area contributed by atoms with Gasteiger partial charge >= 0.3 is 0 Å². The van der Waals surface area contributed by atoms with E-state index in [-0.39, 0.29) is 18.9 Å². The minimum absolute atomic E-state index is 0.0843. The van der Waals surface area contributed by atoms with Crippen LogP contribution in [-0.2, 0) is 19.1 Å². The Balaban J connectivity index is 1.86. The molecule has 1 rings (SSSR count). The molecule has 0 aromatic rings. The Bertz CT molecular complexity index is 382.